The number of rotatable bonds is 13. The number of aryl methyl sites for hydroxylation is 1. The molecular weight excluding hydrogens is 714 g/mol. The normalized spacial score (nSPS) is 13.9. The molecule has 8 nitrogen and oxygen atoms in total. The number of ether oxygens (including phenoxy) is 1. The van der Waals surface area contributed by atoms with Gasteiger partial charge in [-0.25, -0.2) is 8.42 Å². The minimum Gasteiger partial charge on any atom is -0.496 e. The largest absolute Gasteiger partial charge is 0.496 e. The zero-order valence-corrected chi connectivity index (χ0v) is 30.1. The van der Waals surface area contributed by atoms with Gasteiger partial charge >= 0.3 is 0 Å². The fraction of sp³-hybridized carbons (Fsp3) is 0.297. The lowest BCUT2D eigenvalue weighted by Crippen LogP contribution is -2.54. The van der Waals surface area contributed by atoms with Crippen molar-refractivity contribution in [2.45, 2.75) is 62.6 Å². The van der Waals surface area contributed by atoms with Crippen LogP contribution in [0.2, 0.25) is 5.02 Å². The Labute approximate surface area is 296 Å². The van der Waals surface area contributed by atoms with Crippen LogP contribution in [0.1, 0.15) is 42.4 Å². The van der Waals surface area contributed by atoms with E-state index in [0.717, 1.165) is 46.7 Å². The Bertz CT molecular complexity index is 1820. The number of sulfonamides is 1. The van der Waals surface area contributed by atoms with Crippen molar-refractivity contribution in [3.63, 3.8) is 0 Å². The van der Waals surface area contributed by atoms with Crippen LogP contribution < -0.4 is 14.4 Å². The molecule has 2 amide bonds. The first-order chi connectivity index (χ1) is 23.0. The number of hydrogen-bond donors (Lipinski definition) is 1. The molecule has 1 aliphatic carbocycles. The van der Waals surface area contributed by atoms with Crippen LogP contribution in [-0.4, -0.2) is 50.9 Å². The summed E-state index contributed by atoms with van der Waals surface area (Å²) in [6, 6.07) is 27.1. The number of carbonyl (C=O) groups excluding carboxylic acids is 2. The molecule has 1 atom stereocenters. The van der Waals surface area contributed by atoms with Gasteiger partial charge in [0.1, 0.15) is 18.3 Å². The number of benzene rings is 4. The van der Waals surface area contributed by atoms with Gasteiger partial charge in [-0.1, -0.05) is 84.6 Å². The maximum atomic E-state index is 14.7. The third kappa shape index (κ3) is 8.78. The molecule has 11 heteroatoms. The molecule has 0 saturated heterocycles. The lowest BCUT2D eigenvalue weighted by atomic mass is 10.0. The molecule has 4 aromatic rings. The fourth-order valence-corrected chi connectivity index (χ4v) is 8.14. The summed E-state index contributed by atoms with van der Waals surface area (Å²) in [7, 11) is -2.77. The Morgan fingerprint density at radius 1 is 0.938 bits per heavy atom. The lowest BCUT2D eigenvalue weighted by Gasteiger charge is -2.34. The molecule has 1 N–H and O–H groups in total. The van der Waals surface area contributed by atoms with Crippen LogP contribution in [0.3, 0.4) is 0 Å². The lowest BCUT2D eigenvalue weighted by molar-refractivity contribution is -0.140. The molecule has 0 spiro atoms. The topological polar surface area (TPSA) is 96.0 Å². The monoisotopic (exact) mass is 751 g/mol. The minimum absolute atomic E-state index is 0.0207. The Kier molecular flexibility index (Phi) is 11.8. The van der Waals surface area contributed by atoms with Crippen LogP contribution >= 0.6 is 27.5 Å². The fourth-order valence-electron chi connectivity index (χ4n) is 5.88. The molecule has 1 saturated carbocycles. The number of nitrogens with zero attached hydrogens (tertiary/aromatic N) is 2. The highest BCUT2D eigenvalue weighted by atomic mass is 79.9. The molecule has 0 bridgehead atoms. The molecule has 0 unspecified atom stereocenters. The van der Waals surface area contributed by atoms with E-state index in [-0.39, 0.29) is 29.8 Å². The highest BCUT2D eigenvalue weighted by Gasteiger charge is 2.35. The third-order valence-electron chi connectivity index (χ3n) is 8.55. The van der Waals surface area contributed by atoms with Crippen molar-refractivity contribution in [1.82, 2.24) is 10.2 Å². The van der Waals surface area contributed by atoms with Crippen molar-refractivity contribution in [1.29, 1.82) is 0 Å². The average Bonchev–Trinajstić information content (AvgIpc) is 3.60. The summed E-state index contributed by atoms with van der Waals surface area (Å²) in [5, 5.41) is 3.73. The van der Waals surface area contributed by atoms with Crippen LogP contribution in [0, 0.1) is 6.92 Å². The van der Waals surface area contributed by atoms with Crippen molar-refractivity contribution < 1.29 is 22.7 Å². The molecular formula is C37H39BrClN3O5S. The summed E-state index contributed by atoms with van der Waals surface area (Å²) in [4.78, 5) is 30.3. The number of anilines is 1. The van der Waals surface area contributed by atoms with E-state index < -0.39 is 28.5 Å². The van der Waals surface area contributed by atoms with Gasteiger partial charge in [-0.05, 0) is 89.3 Å². The van der Waals surface area contributed by atoms with Crippen molar-refractivity contribution >= 4 is 55.1 Å². The number of carbonyl (C=O) groups is 2. The smallest absolute Gasteiger partial charge is 0.264 e. The van der Waals surface area contributed by atoms with Crippen LogP contribution in [0.15, 0.2) is 106 Å². The van der Waals surface area contributed by atoms with Crippen LogP contribution in [0.25, 0.3) is 0 Å². The van der Waals surface area contributed by atoms with Gasteiger partial charge in [-0.15, -0.1) is 0 Å². The summed E-state index contributed by atoms with van der Waals surface area (Å²) in [5.74, 6) is -0.320. The molecule has 5 rings (SSSR count). The second-order valence-corrected chi connectivity index (χ2v) is 15.1. The average molecular weight is 753 g/mol. The van der Waals surface area contributed by atoms with Crippen molar-refractivity contribution in [2.24, 2.45) is 0 Å². The summed E-state index contributed by atoms with van der Waals surface area (Å²) in [6.45, 7) is 1.44. The van der Waals surface area contributed by atoms with Gasteiger partial charge in [-0.2, -0.15) is 0 Å². The van der Waals surface area contributed by atoms with Crippen LogP contribution in [0.4, 0.5) is 5.69 Å². The van der Waals surface area contributed by atoms with Gasteiger partial charge in [0, 0.05) is 24.0 Å². The van der Waals surface area contributed by atoms with Gasteiger partial charge in [-0.3, -0.25) is 13.9 Å². The van der Waals surface area contributed by atoms with Gasteiger partial charge in [0.25, 0.3) is 10.0 Å². The predicted molar refractivity (Wildman–Crippen MR) is 193 cm³/mol. The van der Waals surface area contributed by atoms with E-state index in [2.05, 4.69) is 21.2 Å². The first-order valence-electron chi connectivity index (χ1n) is 15.9. The van der Waals surface area contributed by atoms with Gasteiger partial charge in [0.2, 0.25) is 11.8 Å². The molecule has 1 fully saturated rings. The number of amides is 2. The summed E-state index contributed by atoms with van der Waals surface area (Å²) in [6.07, 6.45) is 4.08. The summed E-state index contributed by atoms with van der Waals surface area (Å²) >= 11 is 9.58. The van der Waals surface area contributed by atoms with Gasteiger partial charge < -0.3 is 15.0 Å². The standard InChI is InChI=1S/C37H39BrClN3O5S/c1-26-12-18-31(19-13-26)42(48(45,46)32-20-21-35(47-2)33(38)23-32)25-36(43)41(24-28-14-16-29(39)17-15-28)34(22-27-8-4-3-5-9-27)37(44)40-30-10-6-7-11-30/h3-5,8-9,12-21,23,30,34H,6-7,10-11,22,24-25H2,1-2H3,(H,40,44)/t34-/m1/s1. The highest BCUT2D eigenvalue weighted by molar-refractivity contribution is 9.10. The van der Waals surface area contributed by atoms with E-state index in [1.54, 1.807) is 54.6 Å². The maximum absolute atomic E-state index is 14.7. The molecule has 252 valence electrons. The van der Waals surface area contributed by atoms with E-state index in [1.165, 1.54) is 24.1 Å². The van der Waals surface area contributed by atoms with Crippen molar-refractivity contribution in [3.8, 4) is 5.75 Å². The van der Waals surface area contributed by atoms with E-state index in [4.69, 9.17) is 16.3 Å². The van der Waals surface area contributed by atoms with Crippen molar-refractivity contribution in [2.75, 3.05) is 18.0 Å². The Hall–Kier alpha value is -3.86. The van der Waals surface area contributed by atoms with Crippen LogP contribution in [-0.2, 0) is 32.6 Å². The SMILES string of the molecule is COc1ccc(S(=O)(=O)N(CC(=O)N(Cc2ccc(Cl)cc2)[C@H](Cc2ccccc2)C(=O)NC2CCCC2)c2ccc(C)cc2)cc1Br. The zero-order chi connectivity index (χ0) is 34.3. The van der Waals surface area contributed by atoms with Gasteiger partial charge in [0.15, 0.2) is 0 Å². The second kappa shape index (κ2) is 16.0. The van der Waals surface area contributed by atoms with E-state index in [9.17, 15) is 18.0 Å². The minimum atomic E-state index is -4.26. The Morgan fingerprint density at radius 2 is 1.60 bits per heavy atom. The molecule has 0 aromatic heterocycles. The molecule has 48 heavy (non-hydrogen) atoms. The maximum Gasteiger partial charge on any atom is 0.264 e. The Morgan fingerprint density at radius 3 is 2.23 bits per heavy atom. The van der Waals surface area contributed by atoms with Gasteiger partial charge in [0.05, 0.1) is 22.2 Å². The first-order valence-corrected chi connectivity index (χ1v) is 18.5. The zero-order valence-electron chi connectivity index (χ0n) is 26.9. The van der Waals surface area contributed by atoms with E-state index >= 15 is 0 Å². The number of hydrogen-bond acceptors (Lipinski definition) is 5. The Balaban J connectivity index is 1.57. The van der Waals surface area contributed by atoms with E-state index in [1.807, 2.05) is 37.3 Å². The summed E-state index contributed by atoms with van der Waals surface area (Å²) in [5.41, 5.74) is 2.89. The second-order valence-electron chi connectivity index (χ2n) is 12.0. The highest BCUT2D eigenvalue weighted by Crippen LogP contribution is 2.31. The number of nitrogens with one attached hydrogen (secondary N) is 1. The first kappa shape index (κ1) is 35.4. The van der Waals surface area contributed by atoms with Crippen LogP contribution in [0.5, 0.6) is 5.75 Å². The third-order valence-corrected chi connectivity index (χ3v) is 11.2. The molecule has 4 aromatic carbocycles. The molecule has 0 aliphatic heterocycles. The number of halogens is 2. The van der Waals surface area contributed by atoms with Crippen molar-refractivity contribution in [3.05, 3.63) is 123 Å². The molecule has 0 radical (unpaired) electrons. The molecule has 0 heterocycles. The molecule has 1 aliphatic rings. The number of methoxy groups -OCH3 is 1. The summed E-state index contributed by atoms with van der Waals surface area (Å²) < 4.78 is 35.6. The van der Waals surface area contributed by atoms with E-state index in [0.29, 0.717) is 20.9 Å². The predicted octanol–water partition coefficient (Wildman–Crippen LogP) is 7.31. The quantitative estimate of drug-likeness (QED) is 0.155.